The Kier molecular flexibility index (Phi) is 3.94. The summed E-state index contributed by atoms with van der Waals surface area (Å²) in [6.45, 7) is 7.41. The van der Waals surface area contributed by atoms with Crippen LogP contribution in [0.4, 0.5) is 0 Å². The van der Waals surface area contributed by atoms with Crippen molar-refractivity contribution < 1.29 is 9.53 Å². The Hall–Kier alpha value is -1.36. The fourth-order valence-electron chi connectivity index (χ4n) is 2.40. The van der Waals surface area contributed by atoms with E-state index in [4.69, 9.17) is 4.74 Å². The summed E-state index contributed by atoms with van der Waals surface area (Å²) in [4.78, 5) is 18.5. The Balaban J connectivity index is 2.01. The average molecular weight is 265 g/mol. The molecule has 1 aliphatic heterocycles. The molecule has 0 spiro atoms. The third kappa shape index (κ3) is 3.56. The van der Waals surface area contributed by atoms with E-state index in [0.717, 1.165) is 31.6 Å². The lowest BCUT2D eigenvalue weighted by molar-refractivity contribution is -0.160. The normalized spacial score (nSPS) is 20.7. The second-order valence-electron chi connectivity index (χ2n) is 6.16. The van der Waals surface area contributed by atoms with Crippen LogP contribution < -0.4 is 0 Å². The maximum atomic E-state index is 12.2. The first kappa shape index (κ1) is 14.1. The molecule has 2 rings (SSSR count). The zero-order valence-electron chi connectivity index (χ0n) is 12.2. The number of likely N-dealkylation sites (tertiary alicyclic amines) is 1. The van der Waals surface area contributed by atoms with Gasteiger partial charge in [0.2, 0.25) is 0 Å². The zero-order chi connectivity index (χ0) is 14.0. The van der Waals surface area contributed by atoms with Crippen LogP contribution in [0, 0.1) is 0 Å². The van der Waals surface area contributed by atoms with E-state index in [1.165, 1.54) is 0 Å². The fraction of sp³-hybridized carbons (Fsp3) is 0.714. The maximum Gasteiger partial charge on any atom is 0.323 e. The molecule has 0 aromatic carbocycles. The Bertz CT molecular complexity index is 448. The summed E-state index contributed by atoms with van der Waals surface area (Å²) in [7, 11) is 1.97. The summed E-state index contributed by atoms with van der Waals surface area (Å²) in [6.07, 6.45) is 5.56. The first-order valence-corrected chi connectivity index (χ1v) is 6.79. The number of carbonyl (C=O) groups is 1. The molecule has 0 saturated carbocycles. The number of hydrogen-bond donors (Lipinski definition) is 0. The smallest absolute Gasteiger partial charge is 0.323 e. The summed E-state index contributed by atoms with van der Waals surface area (Å²) in [6, 6.07) is -0.117. The number of aromatic nitrogens is 2. The van der Waals surface area contributed by atoms with Gasteiger partial charge in [0, 0.05) is 19.8 Å². The Morgan fingerprint density at radius 1 is 1.53 bits per heavy atom. The highest BCUT2D eigenvalue weighted by atomic mass is 16.6. The van der Waals surface area contributed by atoms with Crippen LogP contribution >= 0.6 is 0 Å². The predicted molar refractivity (Wildman–Crippen MR) is 72.5 cm³/mol. The number of ether oxygens (including phenoxy) is 1. The van der Waals surface area contributed by atoms with Gasteiger partial charge in [0.05, 0.1) is 12.0 Å². The third-order valence-electron chi connectivity index (χ3n) is 3.32. The summed E-state index contributed by atoms with van der Waals surface area (Å²) < 4.78 is 7.49. The van der Waals surface area contributed by atoms with Crippen LogP contribution in [0.5, 0.6) is 0 Å². The molecule has 106 valence electrons. The molecule has 0 bridgehead atoms. The lowest BCUT2D eigenvalue weighted by Crippen LogP contribution is -2.40. The first-order valence-electron chi connectivity index (χ1n) is 6.79. The number of rotatable bonds is 3. The van der Waals surface area contributed by atoms with Crippen molar-refractivity contribution in [2.75, 3.05) is 6.54 Å². The minimum atomic E-state index is -0.419. The van der Waals surface area contributed by atoms with Crippen molar-refractivity contribution >= 4 is 5.97 Å². The van der Waals surface area contributed by atoms with Crippen LogP contribution in [0.2, 0.25) is 0 Å². The minimum absolute atomic E-state index is 0.104. The van der Waals surface area contributed by atoms with E-state index < -0.39 is 5.60 Å². The van der Waals surface area contributed by atoms with Crippen molar-refractivity contribution in [1.82, 2.24) is 14.5 Å². The highest BCUT2D eigenvalue weighted by molar-refractivity contribution is 5.76. The topological polar surface area (TPSA) is 47.4 Å². The van der Waals surface area contributed by atoms with Crippen molar-refractivity contribution in [1.29, 1.82) is 0 Å². The molecule has 19 heavy (non-hydrogen) atoms. The second kappa shape index (κ2) is 5.33. The van der Waals surface area contributed by atoms with E-state index >= 15 is 0 Å². The van der Waals surface area contributed by atoms with Gasteiger partial charge in [-0.05, 0) is 40.2 Å². The van der Waals surface area contributed by atoms with Gasteiger partial charge >= 0.3 is 5.97 Å². The number of imidazole rings is 1. The molecule has 0 unspecified atom stereocenters. The summed E-state index contributed by atoms with van der Waals surface area (Å²) in [5.41, 5.74) is 0.702. The van der Waals surface area contributed by atoms with E-state index in [1.807, 2.05) is 38.6 Å². The van der Waals surface area contributed by atoms with E-state index in [0.29, 0.717) is 0 Å². The van der Waals surface area contributed by atoms with Gasteiger partial charge in [-0.2, -0.15) is 0 Å². The highest BCUT2D eigenvalue weighted by Gasteiger charge is 2.34. The first-order chi connectivity index (χ1) is 8.87. The summed E-state index contributed by atoms with van der Waals surface area (Å²) >= 11 is 0. The summed E-state index contributed by atoms with van der Waals surface area (Å²) in [5, 5.41) is 0. The van der Waals surface area contributed by atoms with Crippen LogP contribution in [0.15, 0.2) is 12.5 Å². The van der Waals surface area contributed by atoms with Gasteiger partial charge in [-0.15, -0.1) is 0 Å². The molecule has 1 aliphatic rings. The quantitative estimate of drug-likeness (QED) is 0.781. The molecule has 1 atom stereocenters. The second-order valence-corrected chi connectivity index (χ2v) is 6.16. The molecular formula is C14H23N3O2. The van der Waals surface area contributed by atoms with E-state index in [1.54, 1.807) is 6.33 Å². The molecule has 1 saturated heterocycles. The Labute approximate surface area is 114 Å². The van der Waals surface area contributed by atoms with Crippen LogP contribution in [-0.4, -0.2) is 38.6 Å². The molecule has 0 N–H and O–H groups in total. The lowest BCUT2D eigenvalue weighted by Gasteiger charge is -2.27. The van der Waals surface area contributed by atoms with Crippen LogP contribution in [0.3, 0.4) is 0 Å². The molecule has 1 aromatic heterocycles. The van der Waals surface area contributed by atoms with Gasteiger partial charge in [-0.25, -0.2) is 4.98 Å². The standard InChI is InChI=1S/C14H23N3O2/c1-14(2,3)19-13(18)12-6-5-7-17(12)9-11-8-15-10-16(11)4/h8,10,12H,5-7,9H2,1-4H3/t12-/m0/s1. The van der Waals surface area contributed by atoms with Gasteiger partial charge in [-0.1, -0.05) is 0 Å². The molecular weight excluding hydrogens is 242 g/mol. The SMILES string of the molecule is Cn1cncc1CN1CCC[C@H]1C(=O)OC(C)(C)C. The number of hydrogen-bond acceptors (Lipinski definition) is 4. The monoisotopic (exact) mass is 265 g/mol. The van der Waals surface area contributed by atoms with E-state index in [2.05, 4.69) is 9.88 Å². The van der Waals surface area contributed by atoms with Crippen molar-refractivity contribution in [3.63, 3.8) is 0 Å². The van der Waals surface area contributed by atoms with Crippen molar-refractivity contribution in [2.45, 2.75) is 51.8 Å². The molecule has 0 radical (unpaired) electrons. The van der Waals surface area contributed by atoms with Crippen LogP contribution in [-0.2, 0) is 23.1 Å². The van der Waals surface area contributed by atoms with Crippen LogP contribution in [0.25, 0.3) is 0 Å². The molecule has 1 fully saturated rings. The number of nitrogens with zero attached hydrogens (tertiary/aromatic N) is 3. The molecule has 0 aliphatic carbocycles. The number of aryl methyl sites for hydroxylation is 1. The molecule has 2 heterocycles. The molecule has 1 aromatic rings. The predicted octanol–water partition coefficient (Wildman–Crippen LogP) is 1.73. The van der Waals surface area contributed by atoms with Gasteiger partial charge in [-0.3, -0.25) is 9.69 Å². The maximum absolute atomic E-state index is 12.2. The average Bonchev–Trinajstić information content (AvgIpc) is 2.87. The van der Waals surface area contributed by atoms with Crippen molar-refractivity contribution in [3.05, 3.63) is 18.2 Å². The molecule has 5 nitrogen and oxygen atoms in total. The summed E-state index contributed by atoms with van der Waals surface area (Å²) in [5.74, 6) is -0.104. The van der Waals surface area contributed by atoms with Gasteiger partial charge in [0.15, 0.2) is 0 Å². The van der Waals surface area contributed by atoms with Crippen molar-refractivity contribution in [3.8, 4) is 0 Å². The van der Waals surface area contributed by atoms with Gasteiger partial charge in [0.25, 0.3) is 0 Å². The number of esters is 1. The Morgan fingerprint density at radius 3 is 2.84 bits per heavy atom. The lowest BCUT2D eigenvalue weighted by atomic mass is 10.1. The van der Waals surface area contributed by atoms with E-state index in [9.17, 15) is 4.79 Å². The van der Waals surface area contributed by atoms with Crippen LogP contribution in [0.1, 0.15) is 39.3 Å². The van der Waals surface area contributed by atoms with E-state index in [-0.39, 0.29) is 12.0 Å². The van der Waals surface area contributed by atoms with Crippen molar-refractivity contribution in [2.24, 2.45) is 7.05 Å². The van der Waals surface area contributed by atoms with Gasteiger partial charge in [0.1, 0.15) is 11.6 Å². The minimum Gasteiger partial charge on any atom is -0.459 e. The third-order valence-corrected chi connectivity index (χ3v) is 3.32. The zero-order valence-corrected chi connectivity index (χ0v) is 12.2. The fourth-order valence-corrected chi connectivity index (χ4v) is 2.40. The highest BCUT2D eigenvalue weighted by Crippen LogP contribution is 2.22. The largest absolute Gasteiger partial charge is 0.459 e. The van der Waals surface area contributed by atoms with Gasteiger partial charge < -0.3 is 9.30 Å². The Morgan fingerprint density at radius 2 is 2.26 bits per heavy atom. The molecule has 5 heteroatoms. The molecule has 0 amide bonds. The number of carbonyl (C=O) groups excluding carboxylic acids is 1.